The van der Waals surface area contributed by atoms with Crippen LogP contribution in [0.5, 0.6) is 0 Å². The van der Waals surface area contributed by atoms with Crippen molar-refractivity contribution < 1.29 is 0 Å². The van der Waals surface area contributed by atoms with E-state index < -0.39 is 0 Å². The molecule has 116 valence electrons. The van der Waals surface area contributed by atoms with Crippen LogP contribution < -0.4 is 5.01 Å². The summed E-state index contributed by atoms with van der Waals surface area (Å²) >= 11 is 1.73. The van der Waals surface area contributed by atoms with Gasteiger partial charge in [0, 0.05) is 23.4 Å². The number of para-hydroxylation sites is 1. The molecule has 2 aromatic rings. The molecule has 0 spiro atoms. The Bertz CT molecular complexity index is 833. The lowest BCUT2D eigenvalue weighted by Gasteiger charge is -2.30. The van der Waals surface area contributed by atoms with Crippen LogP contribution in [0.2, 0.25) is 0 Å². The van der Waals surface area contributed by atoms with Crippen LogP contribution in [0.4, 0.5) is 5.82 Å². The molecule has 3 heterocycles. The summed E-state index contributed by atoms with van der Waals surface area (Å²) < 4.78 is 2.02. The van der Waals surface area contributed by atoms with Crippen molar-refractivity contribution in [3.63, 3.8) is 0 Å². The summed E-state index contributed by atoms with van der Waals surface area (Å²) in [5.74, 6) is 1.99. The van der Waals surface area contributed by atoms with Gasteiger partial charge in [0.2, 0.25) is 0 Å². The lowest BCUT2D eigenvalue weighted by molar-refractivity contribution is 0.453. The van der Waals surface area contributed by atoms with Crippen LogP contribution >= 0.6 is 11.8 Å². The molecule has 0 bridgehead atoms. The molecule has 0 amide bonds. The first-order valence-corrected chi connectivity index (χ1v) is 8.68. The van der Waals surface area contributed by atoms with Crippen molar-refractivity contribution in [2.45, 2.75) is 11.8 Å². The molecule has 1 aromatic carbocycles. The maximum atomic E-state index is 4.72. The number of hydrogen-bond donors (Lipinski definition) is 0. The Morgan fingerprint density at radius 1 is 1.22 bits per heavy atom. The van der Waals surface area contributed by atoms with E-state index in [1.165, 1.54) is 4.90 Å². The normalized spacial score (nSPS) is 16.0. The molecule has 1 aromatic heterocycles. The molecule has 6 heteroatoms. The van der Waals surface area contributed by atoms with Crippen LogP contribution in [-0.2, 0) is 0 Å². The third-order valence-corrected chi connectivity index (χ3v) is 4.64. The van der Waals surface area contributed by atoms with Crippen LogP contribution in [-0.4, -0.2) is 33.8 Å². The van der Waals surface area contributed by atoms with Gasteiger partial charge in [0.1, 0.15) is 5.82 Å². The number of hydrazine groups is 1. The zero-order chi connectivity index (χ0) is 15.8. The number of nitrogens with zero attached hydrogens (tertiary/aromatic N) is 5. The molecule has 23 heavy (non-hydrogen) atoms. The molecular formula is C17H17N5S. The number of allylic oxidation sites excluding steroid dienone is 1. The number of thioether (sulfide) groups is 1. The highest BCUT2D eigenvalue weighted by atomic mass is 32.2. The van der Waals surface area contributed by atoms with E-state index in [2.05, 4.69) is 57.7 Å². The smallest absolute Gasteiger partial charge is 0.151 e. The second-order valence-corrected chi connectivity index (χ2v) is 6.18. The summed E-state index contributed by atoms with van der Waals surface area (Å²) in [6.07, 6.45) is 10.00. The molecular weight excluding hydrogens is 306 g/mol. The van der Waals surface area contributed by atoms with Gasteiger partial charge < -0.3 is 0 Å². The number of aliphatic imine (C=N–C) groups is 1. The largest absolute Gasteiger partial charge is 0.258 e. The van der Waals surface area contributed by atoms with E-state index in [-0.39, 0.29) is 0 Å². The van der Waals surface area contributed by atoms with Crippen molar-refractivity contribution in [3.8, 4) is 5.69 Å². The third kappa shape index (κ3) is 2.35. The van der Waals surface area contributed by atoms with E-state index in [0.717, 1.165) is 29.6 Å². The van der Waals surface area contributed by atoms with Crippen LogP contribution in [0.15, 0.2) is 64.4 Å². The summed E-state index contributed by atoms with van der Waals surface area (Å²) in [5.41, 5.74) is 2.09. The van der Waals surface area contributed by atoms with E-state index in [0.29, 0.717) is 0 Å². The maximum absolute atomic E-state index is 4.72. The van der Waals surface area contributed by atoms with Crippen molar-refractivity contribution in [1.82, 2.24) is 14.8 Å². The van der Waals surface area contributed by atoms with Gasteiger partial charge in [0.25, 0.3) is 0 Å². The van der Waals surface area contributed by atoms with Gasteiger partial charge in [0.15, 0.2) is 5.82 Å². The Hall–Kier alpha value is -2.47. The number of rotatable bonds is 3. The summed E-state index contributed by atoms with van der Waals surface area (Å²) in [4.78, 5) is 5.61. The van der Waals surface area contributed by atoms with Gasteiger partial charge in [-0.05, 0) is 37.5 Å². The average Bonchev–Trinajstić information content (AvgIpc) is 3.18. The zero-order valence-corrected chi connectivity index (χ0v) is 13.9. The third-order valence-electron chi connectivity index (χ3n) is 3.85. The fourth-order valence-corrected chi connectivity index (χ4v) is 3.42. The van der Waals surface area contributed by atoms with Crippen LogP contribution in [0.3, 0.4) is 0 Å². The lowest BCUT2D eigenvalue weighted by atomic mass is 10.3. The Balaban J connectivity index is 1.80. The van der Waals surface area contributed by atoms with Crippen LogP contribution in [0.25, 0.3) is 5.69 Å². The Morgan fingerprint density at radius 2 is 2.09 bits per heavy atom. The summed E-state index contributed by atoms with van der Waals surface area (Å²) in [6, 6.07) is 10.5. The van der Waals surface area contributed by atoms with Gasteiger partial charge in [0.05, 0.1) is 17.9 Å². The molecule has 0 radical (unpaired) electrons. The average molecular weight is 323 g/mol. The highest BCUT2D eigenvalue weighted by Crippen LogP contribution is 2.32. The molecule has 0 fully saturated rings. The Morgan fingerprint density at radius 3 is 2.96 bits per heavy atom. The van der Waals surface area contributed by atoms with E-state index in [1.807, 2.05) is 30.1 Å². The van der Waals surface area contributed by atoms with Gasteiger partial charge in [-0.25, -0.2) is 14.7 Å². The van der Waals surface area contributed by atoms with E-state index in [4.69, 9.17) is 5.10 Å². The standard InChI is InChI=1S/C17H17N5S/c1-13-12-17(21-11-8-16-18-9-5-10-20(16)21)22(19-13)14-6-3-4-7-15(14)23-2/h3-10,12H,11H2,1-2H3. The quantitative estimate of drug-likeness (QED) is 0.812. The Kier molecular flexibility index (Phi) is 3.46. The number of fused-ring (bicyclic) bond motifs is 1. The van der Waals surface area contributed by atoms with E-state index in [9.17, 15) is 0 Å². The predicted octanol–water partition coefficient (Wildman–Crippen LogP) is 3.38. The molecule has 0 aliphatic carbocycles. The monoisotopic (exact) mass is 323 g/mol. The number of hydrogen-bond acceptors (Lipinski definition) is 5. The van der Waals surface area contributed by atoms with Crippen molar-refractivity contribution in [2.75, 3.05) is 17.8 Å². The van der Waals surface area contributed by atoms with Crippen molar-refractivity contribution in [1.29, 1.82) is 0 Å². The molecule has 0 saturated carbocycles. The lowest BCUT2D eigenvalue weighted by Crippen LogP contribution is -2.35. The van der Waals surface area contributed by atoms with Gasteiger partial charge in [-0.15, -0.1) is 11.8 Å². The molecule has 0 atom stereocenters. The Labute approximate surface area is 139 Å². The molecule has 5 nitrogen and oxygen atoms in total. The first-order chi connectivity index (χ1) is 11.3. The maximum Gasteiger partial charge on any atom is 0.151 e. The van der Waals surface area contributed by atoms with Gasteiger partial charge in [-0.3, -0.25) is 5.01 Å². The minimum atomic E-state index is 0.781. The number of anilines is 1. The molecule has 4 rings (SSSR count). The van der Waals surface area contributed by atoms with Crippen molar-refractivity contribution in [3.05, 3.63) is 60.2 Å². The topological polar surface area (TPSA) is 36.7 Å². The first kappa shape index (κ1) is 14.1. The highest BCUT2D eigenvalue weighted by molar-refractivity contribution is 7.98. The fourth-order valence-electron chi connectivity index (χ4n) is 2.84. The summed E-state index contributed by atoms with van der Waals surface area (Å²) in [7, 11) is 0. The molecule has 2 aliphatic heterocycles. The van der Waals surface area contributed by atoms with Gasteiger partial charge >= 0.3 is 0 Å². The van der Waals surface area contributed by atoms with Crippen LogP contribution in [0.1, 0.15) is 5.69 Å². The molecule has 0 saturated heterocycles. The van der Waals surface area contributed by atoms with E-state index in [1.54, 1.807) is 11.8 Å². The fraction of sp³-hybridized carbons (Fsp3) is 0.176. The van der Waals surface area contributed by atoms with Crippen molar-refractivity contribution >= 4 is 23.8 Å². The summed E-state index contributed by atoms with van der Waals surface area (Å²) in [6.45, 7) is 2.81. The predicted molar refractivity (Wildman–Crippen MR) is 95.0 cm³/mol. The van der Waals surface area contributed by atoms with Gasteiger partial charge in [-0.1, -0.05) is 12.1 Å². The minimum absolute atomic E-state index is 0.781. The van der Waals surface area contributed by atoms with Crippen LogP contribution in [0, 0.1) is 6.92 Å². The first-order valence-electron chi connectivity index (χ1n) is 7.45. The van der Waals surface area contributed by atoms with Gasteiger partial charge in [-0.2, -0.15) is 5.10 Å². The highest BCUT2D eigenvalue weighted by Gasteiger charge is 2.27. The molecule has 0 N–H and O–H groups in total. The van der Waals surface area contributed by atoms with Crippen molar-refractivity contribution in [2.24, 2.45) is 4.99 Å². The second-order valence-electron chi connectivity index (χ2n) is 5.34. The summed E-state index contributed by atoms with van der Waals surface area (Å²) in [5, 5.41) is 8.97. The van der Waals surface area contributed by atoms with E-state index >= 15 is 0 Å². The molecule has 0 unspecified atom stereocenters. The number of aromatic nitrogens is 2. The SMILES string of the molecule is CSc1ccccc1-n1nc(C)cc1N1CC=C2N=CC=CN21. The number of aryl methyl sites for hydroxylation is 1. The number of benzene rings is 1. The zero-order valence-electron chi connectivity index (χ0n) is 13.0. The molecule has 2 aliphatic rings. The minimum Gasteiger partial charge on any atom is -0.258 e. The second kappa shape index (κ2) is 5.62.